The molecule has 2 amide bonds. The standard InChI is InChI=1S/C29H32N2O5.Na.H/c1-2-3-18-36-24-16-14-22(15-17-24)20-26(29(34)35)31-28(33)25(19-21-10-6-4-7-11-21)30-27(32)23-12-8-5-9-13-23;;/h4-17,25-26H,2-3,18-20H2,1H3,(H,30,32)(H,31,33)(H,34,35);;/t25-,26-;;/m0../s1. The molecule has 190 valence electrons. The second-order valence-corrected chi connectivity index (χ2v) is 8.53. The van der Waals surface area contributed by atoms with E-state index in [9.17, 15) is 19.5 Å². The molecule has 0 saturated carbocycles. The van der Waals surface area contributed by atoms with Crippen molar-refractivity contribution in [3.05, 3.63) is 102 Å². The van der Waals surface area contributed by atoms with Crippen LogP contribution in [0, 0.1) is 0 Å². The topological polar surface area (TPSA) is 105 Å². The number of hydrogen-bond donors (Lipinski definition) is 3. The van der Waals surface area contributed by atoms with E-state index in [-0.39, 0.29) is 42.4 Å². The zero-order valence-electron chi connectivity index (χ0n) is 20.4. The zero-order valence-corrected chi connectivity index (χ0v) is 20.4. The van der Waals surface area contributed by atoms with Crippen molar-refractivity contribution in [3.8, 4) is 5.75 Å². The number of carbonyl (C=O) groups excluding carboxylic acids is 2. The van der Waals surface area contributed by atoms with Gasteiger partial charge < -0.3 is 20.5 Å². The van der Waals surface area contributed by atoms with Gasteiger partial charge in [-0.05, 0) is 41.8 Å². The molecule has 0 radical (unpaired) electrons. The Hall–Kier alpha value is -3.13. The summed E-state index contributed by atoms with van der Waals surface area (Å²) in [6, 6.07) is 22.9. The van der Waals surface area contributed by atoms with E-state index in [2.05, 4.69) is 17.6 Å². The molecule has 0 unspecified atom stereocenters. The summed E-state index contributed by atoms with van der Waals surface area (Å²) in [6.45, 7) is 2.71. The van der Waals surface area contributed by atoms with Gasteiger partial charge in [0, 0.05) is 18.4 Å². The van der Waals surface area contributed by atoms with Gasteiger partial charge in [0.15, 0.2) is 0 Å². The summed E-state index contributed by atoms with van der Waals surface area (Å²) in [5, 5.41) is 15.2. The fourth-order valence-corrected chi connectivity index (χ4v) is 3.65. The Morgan fingerprint density at radius 3 is 1.95 bits per heavy atom. The summed E-state index contributed by atoms with van der Waals surface area (Å²) in [5.74, 6) is -1.40. The average Bonchev–Trinajstić information content (AvgIpc) is 2.90. The third-order valence-corrected chi connectivity index (χ3v) is 5.68. The van der Waals surface area contributed by atoms with Crippen LogP contribution in [-0.2, 0) is 22.4 Å². The number of ether oxygens (including phenoxy) is 1. The number of aliphatic carboxylic acids is 1. The van der Waals surface area contributed by atoms with E-state index in [0.29, 0.717) is 12.2 Å². The number of carboxylic acid groups (broad SMARTS) is 1. The molecule has 3 aromatic rings. The quantitative estimate of drug-likeness (QED) is 0.241. The van der Waals surface area contributed by atoms with E-state index < -0.39 is 29.9 Å². The molecule has 0 heterocycles. The van der Waals surface area contributed by atoms with Crippen LogP contribution in [0.1, 0.15) is 41.3 Å². The van der Waals surface area contributed by atoms with Crippen LogP contribution in [0.15, 0.2) is 84.9 Å². The van der Waals surface area contributed by atoms with E-state index in [1.807, 2.05) is 30.3 Å². The molecule has 0 aliphatic heterocycles. The van der Waals surface area contributed by atoms with Gasteiger partial charge in [0.2, 0.25) is 5.91 Å². The maximum atomic E-state index is 13.2. The first kappa shape index (κ1) is 30.1. The van der Waals surface area contributed by atoms with Crippen LogP contribution in [0.2, 0.25) is 0 Å². The van der Waals surface area contributed by atoms with E-state index in [0.717, 1.165) is 29.7 Å². The number of carbonyl (C=O) groups is 3. The minimum atomic E-state index is -1.16. The monoisotopic (exact) mass is 512 g/mol. The maximum absolute atomic E-state index is 13.2. The predicted octanol–water partition coefficient (Wildman–Crippen LogP) is 3.37. The third kappa shape index (κ3) is 10.0. The van der Waals surface area contributed by atoms with Gasteiger partial charge in [-0.2, -0.15) is 0 Å². The van der Waals surface area contributed by atoms with Crippen molar-refractivity contribution in [2.75, 3.05) is 6.61 Å². The molecule has 0 fully saturated rings. The van der Waals surface area contributed by atoms with Crippen molar-refractivity contribution >= 4 is 47.3 Å². The molecule has 37 heavy (non-hydrogen) atoms. The van der Waals surface area contributed by atoms with Gasteiger partial charge >= 0.3 is 35.5 Å². The molecule has 0 saturated heterocycles. The number of rotatable bonds is 13. The molecule has 0 spiro atoms. The van der Waals surface area contributed by atoms with Gasteiger partial charge in [0.05, 0.1) is 6.61 Å². The van der Waals surface area contributed by atoms with E-state index in [1.54, 1.807) is 54.6 Å². The van der Waals surface area contributed by atoms with Gasteiger partial charge in [-0.3, -0.25) is 9.59 Å². The molecule has 3 N–H and O–H groups in total. The molecule has 2 atom stereocenters. The number of benzene rings is 3. The second-order valence-electron chi connectivity index (χ2n) is 8.53. The van der Waals surface area contributed by atoms with Crippen LogP contribution in [0.5, 0.6) is 5.75 Å². The molecule has 7 nitrogen and oxygen atoms in total. The van der Waals surface area contributed by atoms with Gasteiger partial charge in [-0.25, -0.2) is 4.79 Å². The first-order chi connectivity index (χ1) is 17.5. The fourth-order valence-electron chi connectivity index (χ4n) is 3.65. The van der Waals surface area contributed by atoms with Crippen LogP contribution < -0.4 is 15.4 Å². The molecule has 3 rings (SSSR count). The van der Waals surface area contributed by atoms with Crippen molar-refractivity contribution in [2.24, 2.45) is 0 Å². The fraction of sp³-hybridized carbons (Fsp3) is 0.276. The number of carboxylic acids is 1. The second kappa shape index (κ2) is 15.9. The van der Waals surface area contributed by atoms with Crippen molar-refractivity contribution in [3.63, 3.8) is 0 Å². The Morgan fingerprint density at radius 1 is 0.784 bits per heavy atom. The number of unbranched alkanes of at least 4 members (excludes halogenated alkanes) is 1. The van der Waals surface area contributed by atoms with Crippen molar-refractivity contribution in [2.45, 2.75) is 44.7 Å². The summed E-state index contributed by atoms with van der Waals surface area (Å²) >= 11 is 0. The number of hydrogen-bond acceptors (Lipinski definition) is 4. The first-order valence-electron chi connectivity index (χ1n) is 12.1. The number of nitrogens with one attached hydrogen (secondary N) is 2. The molecule has 0 aliphatic carbocycles. The van der Waals surface area contributed by atoms with Gasteiger partial charge in [-0.1, -0.05) is 74.0 Å². The molecule has 8 heteroatoms. The first-order valence-corrected chi connectivity index (χ1v) is 12.1. The SMILES string of the molecule is CCCCOc1ccc(C[C@H](NC(=O)[C@H](Cc2ccccc2)NC(=O)c2ccccc2)C(=O)O)cc1.[NaH]. The third-order valence-electron chi connectivity index (χ3n) is 5.68. The molecule has 0 aromatic heterocycles. The Bertz CT molecular complexity index is 1120. The van der Waals surface area contributed by atoms with Crippen LogP contribution >= 0.6 is 0 Å². The summed E-state index contributed by atoms with van der Waals surface area (Å²) < 4.78 is 5.65. The molecule has 0 bridgehead atoms. The number of amides is 2. The van der Waals surface area contributed by atoms with Crippen LogP contribution in [-0.4, -0.2) is 71.1 Å². The van der Waals surface area contributed by atoms with Crippen LogP contribution in [0.3, 0.4) is 0 Å². The summed E-state index contributed by atoms with van der Waals surface area (Å²) in [7, 11) is 0. The van der Waals surface area contributed by atoms with Crippen molar-refractivity contribution in [1.29, 1.82) is 0 Å². The van der Waals surface area contributed by atoms with Gasteiger partial charge in [-0.15, -0.1) is 0 Å². The molecular weight excluding hydrogens is 479 g/mol. The normalized spacial score (nSPS) is 11.9. The molecule has 3 aromatic carbocycles. The molecular formula is C29H33N2NaO5. The average molecular weight is 513 g/mol. The van der Waals surface area contributed by atoms with E-state index in [1.165, 1.54) is 0 Å². The Balaban J connectivity index is 0.00000481. The van der Waals surface area contributed by atoms with Gasteiger partial charge in [0.1, 0.15) is 17.8 Å². The van der Waals surface area contributed by atoms with Gasteiger partial charge in [0.25, 0.3) is 5.91 Å². The van der Waals surface area contributed by atoms with E-state index >= 15 is 0 Å². The Kier molecular flexibility index (Phi) is 12.9. The summed E-state index contributed by atoms with van der Waals surface area (Å²) in [5.41, 5.74) is 2.01. The van der Waals surface area contributed by atoms with Crippen molar-refractivity contribution < 1.29 is 24.2 Å². The zero-order chi connectivity index (χ0) is 25.8. The summed E-state index contributed by atoms with van der Waals surface area (Å²) in [6.07, 6.45) is 2.32. The Labute approximate surface area is 239 Å². The van der Waals surface area contributed by atoms with E-state index in [4.69, 9.17) is 4.74 Å². The Morgan fingerprint density at radius 2 is 1.35 bits per heavy atom. The summed E-state index contributed by atoms with van der Waals surface area (Å²) in [4.78, 5) is 38.0. The molecule has 0 aliphatic rings. The van der Waals surface area contributed by atoms with Crippen LogP contribution in [0.4, 0.5) is 0 Å². The predicted molar refractivity (Wildman–Crippen MR) is 145 cm³/mol. The van der Waals surface area contributed by atoms with Crippen LogP contribution in [0.25, 0.3) is 0 Å². The van der Waals surface area contributed by atoms with Crippen molar-refractivity contribution in [1.82, 2.24) is 10.6 Å². The minimum absolute atomic E-state index is 0.